The summed E-state index contributed by atoms with van der Waals surface area (Å²) >= 11 is 18.6. The average Bonchev–Trinajstić information content (AvgIpc) is 2.49. The molecule has 7 heteroatoms. The molecule has 1 aromatic rings. The maximum Gasteiger partial charge on any atom is 0.234 e. The van der Waals surface area contributed by atoms with Crippen molar-refractivity contribution in [1.29, 1.82) is 0 Å². The molecule has 1 fully saturated rings. The summed E-state index contributed by atoms with van der Waals surface area (Å²) in [5.74, 6) is 0.962. The van der Waals surface area contributed by atoms with E-state index in [2.05, 4.69) is 17.1 Å². The van der Waals surface area contributed by atoms with E-state index in [0.717, 1.165) is 36.2 Å². The number of hydrogen-bond acceptors (Lipinski definition) is 3. The molecule has 22 heavy (non-hydrogen) atoms. The van der Waals surface area contributed by atoms with Gasteiger partial charge in [-0.1, -0.05) is 54.1 Å². The van der Waals surface area contributed by atoms with Crippen LogP contribution in [0.2, 0.25) is 10.0 Å². The van der Waals surface area contributed by atoms with Crippen LogP contribution in [0.4, 0.5) is 5.69 Å². The number of amides is 1. The molecule has 2 rings (SSSR count). The highest BCUT2D eigenvalue weighted by molar-refractivity contribution is 8.23. The van der Waals surface area contributed by atoms with E-state index >= 15 is 0 Å². The molecule has 3 nitrogen and oxygen atoms in total. The van der Waals surface area contributed by atoms with Crippen molar-refractivity contribution in [1.82, 2.24) is 4.90 Å². The Labute approximate surface area is 150 Å². The molecule has 1 heterocycles. The lowest BCUT2D eigenvalue weighted by Gasteiger charge is -2.31. The first kappa shape index (κ1) is 17.9. The third-order valence-corrected chi connectivity index (χ3v) is 5.83. The first-order valence-corrected chi connectivity index (χ1v) is 9.27. The summed E-state index contributed by atoms with van der Waals surface area (Å²) in [6, 6.07) is 5.02. The van der Waals surface area contributed by atoms with Gasteiger partial charge in [-0.2, -0.15) is 0 Å². The molecule has 1 aliphatic heterocycles. The normalized spacial score (nSPS) is 15.7. The zero-order valence-electron chi connectivity index (χ0n) is 12.3. The molecular weight excluding hydrogens is 359 g/mol. The Morgan fingerprint density at radius 1 is 1.36 bits per heavy atom. The Kier molecular flexibility index (Phi) is 6.81. The molecule has 1 amide bonds. The fourth-order valence-corrected chi connectivity index (χ4v) is 3.53. The van der Waals surface area contributed by atoms with Gasteiger partial charge in [-0.05, 0) is 37.0 Å². The molecule has 0 aromatic heterocycles. The molecule has 1 aliphatic rings. The van der Waals surface area contributed by atoms with E-state index in [1.807, 2.05) is 0 Å². The van der Waals surface area contributed by atoms with E-state index in [4.69, 9.17) is 35.4 Å². The largest absolute Gasteiger partial charge is 0.357 e. The quantitative estimate of drug-likeness (QED) is 0.775. The number of halogens is 2. The van der Waals surface area contributed by atoms with Crippen LogP contribution in [0, 0.1) is 5.92 Å². The standard InChI is InChI=1S/C15H18Cl2N2OS2/c1-10-4-6-19(7-5-10)15(21)22-9-14(20)18-11-2-3-12(16)13(17)8-11/h2-3,8,10H,4-7,9H2,1H3,(H,18,20). The van der Waals surface area contributed by atoms with Crippen LogP contribution >= 0.6 is 47.2 Å². The van der Waals surface area contributed by atoms with E-state index < -0.39 is 0 Å². The number of hydrogen-bond donors (Lipinski definition) is 1. The van der Waals surface area contributed by atoms with Gasteiger partial charge in [0.15, 0.2) is 0 Å². The molecule has 0 radical (unpaired) electrons. The van der Waals surface area contributed by atoms with Crippen LogP contribution in [0.5, 0.6) is 0 Å². The minimum atomic E-state index is -0.101. The predicted molar refractivity (Wildman–Crippen MR) is 100 cm³/mol. The Balaban J connectivity index is 1.77. The SMILES string of the molecule is CC1CCN(C(=S)SCC(=O)Nc2ccc(Cl)c(Cl)c2)CC1. The number of nitrogens with zero attached hydrogens (tertiary/aromatic N) is 1. The fraction of sp³-hybridized carbons (Fsp3) is 0.467. The van der Waals surface area contributed by atoms with Gasteiger partial charge in [0.25, 0.3) is 0 Å². The van der Waals surface area contributed by atoms with E-state index in [1.165, 1.54) is 11.8 Å². The van der Waals surface area contributed by atoms with Crippen LogP contribution in [0.1, 0.15) is 19.8 Å². The number of carbonyl (C=O) groups is 1. The van der Waals surface area contributed by atoms with E-state index in [-0.39, 0.29) is 5.91 Å². The monoisotopic (exact) mass is 376 g/mol. The molecule has 0 atom stereocenters. The molecule has 0 unspecified atom stereocenters. The number of rotatable bonds is 3. The molecular formula is C15H18Cl2N2OS2. The van der Waals surface area contributed by atoms with Gasteiger partial charge in [0.2, 0.25) is 5.91 Å². The van der Waals surface area contributed by atoms with Gasteiger partial charge in [-0.3, -0.25) is 4.79 Å². The van der Waals surface area contributed by atoms with Crippen molar-refractivity contribution in [3.05, 3.63) is 28.2 Å². The van der Waals surface area contributed by atoms with Crippen molar-refractivity contribution in [3.8, 4) is 0 Å². The fourth-order valence-electron chi connectivity index (χ4n) is 2.18. The number of likely N-dealkylation sites (tertiary alicyclic amines) is 1. The number of anilines is 1. The average molecular weight is 377 g/mol. The van der Waals surface area contributed by atoms with Crippen molar-refractivity contribution in [3.63, 3.8) is 0 Å². The van der Waals surface area contributed by atoms with Crippen LogP contribution in [0.25, 0.3) is 0 Å². The summed E-state index contributed by atoms with van der Waals surface area (Å²) in [4.78, 5) is 14.1. The van der Waals surface area contributed by atoms with E-state index in [9.17, 15) is 4.79 Å². The topological polar surface area (TPSA) is 32.3 Å². The van der Waals surface area contributed by atoms with Crippen LogP contribution < -0.4 is 5.32 Å². The van der Waals surface area contributed by atoms with Crippen molar-refractivity contribution in [2.45, 2.75) is 19.8 Å². The van der Waals surface area contributed by atoms with Gasteiger partial charge in [-0.25, -0.2) is 0 Å². The first-order chi connectivity index (χ1) is 10.5. The van der Waals surface area contributed by atoms with Crippen LogP contribution in [-0.2, 0) is 4.79 Å². The maximum atomic E-state index is 12.0. The third kappa shape index (κ3) is 5.30. The minimum absolute atomic E-state index is 0.101. The second-order valence-corrected chi connectivity index (χ2v) is 7.82. The van der Waals surface area contributed by atoms with Gasteiger partial charge in [0.1, 0.15) is 4.32 Å². The summed E-state index contributed by atoms with van der Waals surface area (Å²) in [6.07, 6.45) is 2.33. The molecule has 120 valence electrons. The summed E-state index contributed by atoms with van der Waals surface area (Å²) in [7, 11) is 0. The van der Waals surface area contributed by atoms with Crippen molar-refractivity contribution in [2.75, 3.05) is 24.2 Å². The first-order valence-electron chi connectivity index (χ1n) is 7.12. The molecule has 1 aromatic carbocycles. The lowest BCUT2D eigenvalue weighted by Crippen LogP contribution is -2.36. The number of piperidine rings is 1. The van der Waals surface area contributed by atoms with Crippen LogP contribution in [0.3, 0.4) is 0 Å². The second kappa shape index (κ2) is 8.39. The molecule has 0 bridgehead atoms. The van der Waals surface area contributed by atoms with E-state index in [0.29, 0.717) is 21.5 Å². The zero-order valence-corrected chi connectivity index (χ0v) is 15.4. The number of benzene rings is 1. The number of thiocarbonyl (C=S) groups is 1. The Hall–Kier alpha value is -0.490. The Bertz CT molecular complexity index is 560. The highest BCUT2D eigenvalue weighted by Gasteiger charge is 2.18. The lowest BCUT2D eigenvalue weighted by atomic mass is 10.00. The summed E-state index contributed by atoms with van der Waals surface area (Å²) in [5, 5.41) is 3.68. The highest BCUT2D eigenvalue weighted by atomic mass is 35.5. The lowest BCUT2D eigenvalue weighted by molar-refractivity contribution is -0.113. The molecule has 0 saturated carbocycles. The van der Waals surface area contributed by atoms with Crippen LogP contribution in [-0.4, -0.2) is 34.0 Å². The van der Waals surface area contributed by atoms with E-state index in [1.54, 1.807) is 18.2 Å². The smallest absolute Gasteiger partial charge is 0.234 e. The maximum absolute atomic E-state index is 12.0. The van der Waals surface area contributed by atoms with Gasteiger partial charge < -0.3 is 10.2 Å². The molecule has 0 spiro atoms. The Morgan fingerprint density at radius 3 is 2.68 bits per heavy atom. The molecule has 0 aliphatic carbocycles. The number of carbonyl (C=O) groups excluding carboxylic acids is 1. The van der Waals surface area contributed by atoms with Crippen LogP contribution in [0.15, 0.2) is 18.2 Å². The van der Waals surface area contributed by atoms with Gasteiger partial charge in [-0.15, -0.1) is 0 Å². The Morgan fingerprint density at radius 2 is 2.05 bits per heavy atom. The van der Waals surface area contributed by atoms with Gasteiger partial charge in [0, 0.05) is 18.8 Å². The summed E-state index contributed by atoms with van der Waals surface area (Å²) in [5.41, 5.74) is 0.637. The van der Waals surface area contributed by atoms with Gasteiger partial charge >= 0.3 is 0 Å². The molecule has 1 N–H and O–H groups in total. The zero-order chi connectivity index (χ0) is 16.1. The summed E-state index contributed by atoms with van der Waals surface area (Å²) < 4.78 is 0.802. The van der Waals surface area contributed by atoms with Crippen molar-refractivity contribution < 1.29 is 4.79 Å². The summed E-state index contributed by atoms with van der Waals surface area (Å²) in [6.45, 7) is 4.24. The highest BCUT2D eigenvalue weighted by Crippen LogP contribution is 2.25. The molecule has 1 saturated heterocycles. The minimum Gasteiger partial charge on any atom is -0.357 e. The number of nitrogens with one attached hydrogen (secondary N) is 1. The van der Waals surface area contributed by atoms with Gasteiger partial charge in [0.05, 0.1) is 15.8 Å². The predicted octanol–water partition coefficient (Wildman–Crippen LogP) is 4.68. The number of thioether (sulfide) groups is 1. The van der Waals surface area contributed by atoms with Crippen molar-refractivity contribution in [2.24, 2.45) is 5.92 Å². The second-order valence-electron chi connectivity index (χ2n) is 5.40. The third-order valence-electron chi connectivity index (χ3n) is 3.57. The van der Waals surface area contributed by atoms with Crippen molar-refractivity contribution >= 4 is 63.1 Å².